The van der Waals surface area contributed by atoms with Gasteiger partial charge in [-0.15, -0.1) is 0 Å². The number of aromatic nitrogens is 3. The lowest BCUT2D eigenvalue weighted by atomic mass is 10.2. The topological polar surface area (TPSA) is 30.7 Å². The molecule has 0 aliphatic heterocycles. The van der Waals surface area contributed by atoms with Gasteiger partial charge in [0.25, 0.3) is 0 Å². The van der Waals surface area contributed by atoms with Crippen LogP contribution in [0.2, 0.25) is 0 Å². The summed E-state index contributed by atoms with van der Waals surface area (Å²) >= 11 is 0. The van der Waals surface area contributed by atoms with Crippen LogP contribution in [0, 0.1) is 12.2 Å². The highest BCUT2D eigenvalue weighted by Gasteiger charge is 2.03. The normalized spacial score (nSPS) is 10.7. The maximum Gasteiger partial charge on any atom is 0.141 e. The van der Waals surface area contributed by atoms with Gasteiger partial charge in [0.15, 0.2) is 0 Å². The number of rotatable bonds is 5. The first-order chi connectivity index (χ1) is 8.29. The van der Waals surface area contributed by atoms with Gasteiger partial charge in [-0.1, -0.05) is 13.3 Å². The van der Waals surface area contributed by atoms with E-state index in [1.54, 1.807) is 6.07 Å². The van der Waals surface area contributed by atoms with Crippen LogP contribution in [0.4, 0.5) is 4.39 Å². The Labute approximate surface area is 100 Å². The minimum Gasteiger partial charge on any atom is -0.272 e. The van der Waals surface area contributed by atoms with Crippen molar-refractivity contribution in [3.8, 4) is 11.4 Å². The van der Waals surface area contributed by atoms with E-state index in [1.807, 2.05) is 16.9 Å². The van der Waals surface area contributed by atoms with Gasteiger partial charge in [-0.3, -0.25) is 9.67 Å². The lowest BCUT2D eigenvalue weighted by Gasteiger charge is -1.99. The third kappa shape index (κ3) is 3.12. The highest BCUT2D eigenvalue weighted by molar-refractivity contribution is 5.52. The molecular weight excluding hydrogens is 217 g/mol. The monoisotopic (exact) mass is 232 g/mol. The van der Waals surface area contributed by atoms with Crippen LogP contribution in [-0.4, -0.2) is 14.8 Å². The molecule has 2 rings (SSSR count). The molecule has 0 unspecified atom stereocenters. The van der Waals surface area contributed by atoms with Crippen molar-refractivity contribution in [3.63, 3.8) is 0 Å². The molecular formula is C13H15FN3. The lowest BCUT2D eigenvalue weighted by Crippen LogP contribution is -1.99. The van der Waals surface area contributed by atoms with Gasteiger partial charge < -0.3 is 0 Å². The summed E-state index contributed by atoms with van der Waals surface area (Å²) in [6, 6.07) is 4.92. The molecule has 0 N–H and O–H groups in total. The molecule has 2 aromatic heterocycles. The zero-order valence-electron chi connectivity index (χ0n) is 9.81. The molecule has 0 saturated heterocycles. The second kappa shape index (κ2) is 5.57. The first kappa shape index (κ1) is 11.8. The number of nitrogens with zero attached hydrogens (tertiary/aromatic N) is 3. The fourth-order valence-electron chi connectivity index (χ4n) is 1.55. The largest absolute Gasteiger partial charge is 0.272 e. The minimum atomic E-state index is -0.329. The molecule has 0 fully saturated rings. The standard InChI is InChI=1S/C13H15FN3/c1-2-3-4-8-17-9-7-13(16-17)12-6-5-11(14)10-15-12/h4-7,9-10H,2-3,8H2,1H3. The van der Waals surface area contributed by atoms with E-state index in [2.05, 4.69) is 23.4 Å². The van der Waals surface area contributed by atoms with E-state index >= 15 is 0 Å². The van der Waals surface area contributed by atoms with E-state index < -0.39 is 0 Å². The van der Waals surface area contributed by atoms with Gasteiger partial charge >= 0.3 is 0 Å². The quantitative estimate of drug-likeness (QED) is 0.742. The number of hydrogen-bond acceptors (Lipinski definition) is 2. The van der Waals surface area contributed by atoms with Crippen LogP contribution in [0.1, 0.15) is 19.8 Å². The fourth-order valence-corrected chi connectivity index (χ4v) is 1.55. The number of unbranched alkanes of at least 4 members (excludes halogenated alkanes) is 2. The zero-order valence-corrected chi connectivity index (χ0v) is 9.81. The number of halogens is 1. The van der Waals surface area contributed by atoms with E-state index in [-0.39, 0.29) is 5.82 Å². The van der Waals surface area contributed by atoms with Gasteiger partial charge in [-0.25, -0.2) is 4.39 Å². The Morgan fingerprint density at radius 1 is 1.29 bits per heavy atom. The van der Waals surface area contributed by atoms with Crippen molar-refractivity contribution in [1.82, 2.24) is 14.8 Å². The van der Waals surface area contributed by atoms with Crippen LogP contribution in [-0.2, 0) is 6.54 Å². The minimum absolute atomic E-state index is 0.329. The Kier molecular flexibility index (Phi) is 3.85. The average molecular weight is 232 g/mol. The van der Waals surface area contributed by atoms with Gasteiger partial charge in [0.05, 0.1) is 11.9 Å². The summed E-state index contributed by atoms with van der Waals surface area (Å²) in [6.45, 7) is 2.95. The molecule has 4 heteroatoms. The summed E-state index contributed by atoms with van der Waals surface area (Å²) < 4.78 is 14.6. The second-order valence-electron chi connectivity index (χ2n) is 3.86. The Hall–Kier alpha value is -1.71. The van der Waals surface area contributed by atoms with Gasteiger partial charge in [0.1, 0.15) is 11.5 Å². The zero-order chi connectivity index (χ0) is 12.1. The smallest absolute Gasteiger partial charge is 0.141 e. The van der Waals surface area contributed by atoms with E-state index in [9.17, 15) is 4.39 Å². The third-order valence-corrected chi connectivity index (χ3v) is 2.44. The molecule has 0 aliphatic carbocycles. The first-order valence-corrected chi connectivity index (χ1v) is 5.76. The molecule has 0 bridgehead atoms. The van der Waals surface area contributed by atoms with Crippen molar-refractivity contribution in [2.45, 2.75) is 26.3 Å². The summed E-state index contributed by atoms with van der Waals surface area (Å²) in [5.74, 6) is -0.329. The SMILES string of the molecule is CCC[CH]Cn1ccc(-c2ccc(F)cn2)n1. The average Bonchev–Trinajstić information content (AvgIpc) is 2.79. The molecule has 0 saturated carbocycles. The van der Waals surface area contributed by atoms with Crippen LogP contribution in [0.3, 0.4) is 0 Å². The van der Waals surface area contributed by atoms with Crippen molar-refractivity contribution in [3.05, 3.63) is 42.8 Å². The molecule has 1 radical (unpaired) electrons. The van der Waals surface area contributed by atoms with Gasteiger partial charge in [0, 0.05) is 12.7 Å². The Morgan fingerprint density at radius 2 is 2.18 bits per heavy atom. The van der Waals surface area contributed by atoms with Crippen molar-refractivity contribution in [1.29, 1.82) is 0 Å². The molecule has 17 heavy (non-hydrogen) atoms. The van der Waals surface area contributed by atoms with Crippen LogP contribution in [0.15, 0.2) is 30.6 Å². The van der Waals surface area contributed by atoms with Crippen molar-refractivity contribution in [2.24, 2.45) is 0 Å². The molecule has 3 nitrogen and oxygen atoms in total. The van der Waals surface area contributed by atoms with Crippen LogP contribution in [0.5, 0.6) is 0 Å². The Bertz CT molecular complexity index is 462. The number of hydrogen-bond donors (Lipinski definition) is 0. The van der Waals surface area contributed by atoms with E-state index in [0.717, 1.165) is 25.1 Å². The molecule has 2 aromatic rings. The first-order valence-electron chi connectivity index (χ1n) is 5.76. The summed E-state index contributed by atoms with van der Waals surface area (Å²) in [7, 11) is 0. The van der Waals surface area contributed by atoms with Crippen LogP contribution >= 0.6 is 0 Å². The maximum atomic E-state index is 12.7. The van der Waals surface area contributed by atoms with Crippen molar-refractivity contribution < 1.29 is 4.39 Å². The molecule has 0 amide bonds. The molecule has 2 heterocycles. The van der Waals surface area contributed by atoms with E-state index in [1.165, 1.54) is 12.3 Å². The van der Waals surface area contributed by atoms with Crippen LogP contribution in [0.25, 0.3) is 11.4 Å². The summed E-state index contributed by atoms with van der Waals surface area (Å²) in [5, 5.41) is 4.38. The lowest BCUT2D eigenvalue weighted by molar-refractivity contribution is 0.621. The Balaban J connectivity index is 2.04. The van der Waals surface area contributed by atoms with Gasteiger partial charge in [-0.05, 0) is 31.0 Å². The fraction of sp³-hybridized carbons (Fsp3) is 0.308. The highest BCUT2D eigenvalue weighted by atomic mass is 19.1. The predicted molar refractivity (Wildman–Crippen MR) is 64.6 cm³/mol. The van der Waals surface area contributed by atoms with Crippen LogP contribution < -0.4 is 0 Å². The number of pyridine rings is 1. The second-order valence-corrected chi connectivity index (χ2v) is 3.86. The van der Waals surface area contributed by atoms with Gasteiger partial charge in [0.2, 0.25) is 0 Å². The molecule has 0 aromatic carbocycles. The molecule has 0 aliphatic rings. The van der Waals surface area contributed by atoms with E-state index in [0.29, 0.717) is 5.69 Å². The van der Waals surface area contributed by atoms with E-state index in [4.69, 9.17) is 0 Å². The van der Waals surface area contributed by atoms with Crippen molar-refractivity contribution in [2.75, 3.05) is 0 Å². The third-order valence-electron chi connectivity index (χ3n) is 2.44. The highest BCUT2D eigenvalue weighted by Crippen LogP contribution is 2.14. The molecule has 0 spiro atoms. The molecule has 0 atom stereocenters. The molecule has 89 valence electrons. The Morgan fingerprint density at radius 3 is 2.88 bits per heavy atom. The summed E-state index contributed by atoms with van der Waals surface area (Å²) in [5.41, 5.74) is 1.47. The van der Waals surface area contributed by atoms with Gasteiger partial charge in [-0.2, -0.15) is 5.10 Å². The predicted octanol–water partition coefficient (Wildman–Crippen LogP) is 3.09. The van der Waals surface area contributed by atoms with Crippen molar-refractivity contribution >= 4 is 0 Å². The summed E-state index contributed by atoms with van der Waals surface area (Å²) in [4.78, 5) is 4.00. The maximum absolute atomic E-state index is 12.7. The summed E-state index contributed by atoms with van der Waals surface area (Å²) in [6.07, 6.45) is 7.54.